The van der Waals surface area contributed by atoms with Gasteiger partial charge < -0.3 is 10.8 Å². The molecular formula is C8H10N2O. The molecule has 0 atom stereocenters. The molecule has 3 N–H and O–H groups in total. The average Bonchev–Trinajstić information content (AvgIpc) is 2.03. The Morgan fingerprint density at radius 1 is 1.45 bits per heavy atom. The minimum absolute atomic E-state index is 0.262. The van der Waals surface area contributed by atoms with Gasteiger partial charge in [-0.05, 0) is 6.07 Å². The van der Waals surface area contributed by atoms with Gasteiger partial charge in [-0.1, -0.05) is 18.2 Å². The number of para-hydroxylation sites is 1. The van der Waals surface area contributed by atoms with Crippen molar-refractivity contribution in [1.29, 1.82) is 0 Å². The largest absolute Gasteiger partial charge is 0.508 e. The Bertz CT molecular complexity index is 258. The van der Waals surface area contributed by atoms with Crippen molar-refractivity contribution >= 4 is 6.34 Å². The van der Waals surface area contributed by atoms with Crippen LogP contribution in [0.3, 0.4) is 0 Å². The van der Waals surface area contributed by atoms with E-state index in [0.717, 1.165) is 5.56 Å². The van der Waals surface area contributed by atoms with Gasteiger partial charge in [0, 0.05) is 5.56 Å². The third-order valence-corrected chi connectivity index (χ3v) is 1.36. The van der Waals surface area contributed by atoms with Gasteiger partial charge in [-0.15, -0.1) is 0 Å². The lowest BCUT2D eigenvalue weighted by molar-refractivity contribution is 0.468. The van der Waals surface area contributed by atoms with Crippen LogP contribution in [0, 0.1) is 0 Å². The highest BCUT2D eigenvalue weighted by molar-refractivity contribution is 5.51. The molecule has 1 aromatic carbocycles. The van der Waals surface area contributed by atoms with Crippen LogP contribution in [0.25, 0.3) is 0 Å². The first-order chi connectivity index (χ1) is 5.34. The number of benzene rings is 1. The highest BCUT2D eigenvalue weighted by Crippen LogP contribution is 2.15. The lowest BCUT2D eigenvalue weighted by atomic mass is 10.2. The number of aromatic hydroxyl groups is 1. The summed E-state index contributed by atoms with van der Waals surface area (Å²) in [5, 5.41) is 9.22. The van der Waals surface area contributed by atoms with Crippen molar-refractivity contribution < 1.29 is 5.11 Å². The Kier molecular flexibility index (Phi) is 2.49. The van der Waals surface area contributed by atoms with Gasteiger partial charge in [-0.3, -0.25) is 4.99 Å². The summed E-state index contributed by atoms with van der Waals surface area (Å²) in [6, 6.07) is 7.05. The minimum Gasteiger partial charge on any atom is -0.508 e. The molecule has 0 bridgehead atoms. The van der Waals surface area contributed by atoms with Gasteiger partial charge in [0.25, 0.3) is 0 Å². The molecule has 58 valence electrons. The van der Waals surface area contributed by atoms with E-state index in [1.807, 2.05) is 12.1 Å². The second-order valence-corrected chi connectivity index (χ2v) is 2.12. The van der Waals surface area contributed by atoms with Crippen LogP contribution in [0.15, 0.2) is 29.3 Å². The van der Waals surface area contributed by atoms with Crippen LogP contribution in [0.4, 0.5) is 0 Å². The zero-order chi connectivity index (χ0) is 8.10. The molecule has 3 nitrogen and oxygen atoms in total. The van der Waals surface area contributed by atoms with Crippen molar-refractivity contribution in [2.24, 2.45) is 10.7 Å². The van der Waals surface area contributed by atoms with Crippen molar-refractivity contribution in [3.63, 3.8) is 0 Å². The third-order valence-electron chi connectivity index (χ3n) is 1.36. The standard InChI is InChI=1S/C8H10N2O/c9-6-10-5-7-3-1-2-4-8(7)11/h1-4,6,11H,5H2,(H2,9,10). The number of rotatable bonds is 2. The minimum atomic E-state index is 0.262. The van der Waals surface area contributed by atoms with E-state index in [4.69, 9.17) is 5.73 Å². The van der Waals surface area contributed by atoms with Gasteiger partial charge in [0.15, 0.2) is 0 Å². The average molecular weight is 150 g/mol. The molecule has 0 heterocycles. The molecule has 0 amide bonds. The van der Waals surface area contributed by atoms with Gasteiger partial charge in [0.2, 0.25) is 0 Å². The molecule has 0 radical (unpaired) electrons. The lowest BCUT2D eigenvalue weighted by Crippen LogP contribution is -1.90. The maximum absolute atomic E-state index is 9.22. The molecule has 0 saturated carbocycles. The summed E-state index contributed by atoms with van der Waals surface area (Å²) in [7, 11) is 0. The van der Waals surface area contributed by atoms with E-state index in [9.17, 15) is 5.11 Å². The molecule has 3 heteroatoms. The fourth-order valence-electron chi connectivity index (χ4n) is 0.796. The Balaban J connectivity index is 2.77. The van der Waals surface area contributed by atoms with Crippen molar-refractivity contribution in [3.05, 3.63) is 29.8 Å². The predicted molar refractivity (Wildman–Crippen MR) is 44.5 cm³/mol. The highest BCUT2D eigenvalue weighted by atomic mass is 16.3. The number of phenolic OH excluding ortho intramolecular Hbond substituents is 1. The molecule has 0 aliphatic rings. The van der Waals surface area contributed by atoms with Crippen LogP contribution in [-0.2, 0) is 6.54 Å². The van der Waals surface area contributed by atoms with Crippen LogP contribution in [0.1, 0.15) is 5.56 Å². The summed E-state index contributed by atoms with van der Waals surface area (Å²) in [5.41, 5.74) is 5.84. The molecular weight excluding hydrogens is 140 g/mol. The number of nitrogens with zero attached hydrogens (tertiary/aromatic N) is 1. The highest BCUT2D eigenvalue weighted by Gasteiger charge is 1.95. The molecule has 0 unspecified atom stereocenters. The third kappa shape index (κ3) is 1.97. The quantitative estimate of drug-likeness (QED) is 0.485. The van der Waals surface area contributed by atoms with E-state index in [-0.39, 0.29) is 5.75 Å². The Morgan fingerprint density at radius 3 is 2.82 bits per heavy atom. The molecule has 1 aromatic rings. The zero-order valence-electron chi connectivity index (χ0n) is 6.07. The summed E-state index contributed by atoms with van der Waals surface area (Å²) in [4.78, 5) is 3.80. The van der Waals surface area contributed by atoms with Crippen LogP contribution in [-0.4, -0.2) is 11.4 Å². The topological polar surface area (TPSA) is 58.6 Å². The zero-order valence-corrected chi connectivity index (χ0v) is 6.07. The summed E-state index contributed by atoms with van der Waals surface area (Å²) in [6.45, 7) is 0.434. The molecule has 0 fully saturated rings. The number of hydrogen-bond acceptors (Lipinski definition) is 2. The number of hydrogen-bond donors (Lipinski definition) is 2. The van der Waals surface area contributed by atoms with E-state index in [0.29, 0.717) is 6.54 Å². The van der Waals surface area contributed by atoms with Gasteiger partial charge >= 0.3 is 0 Å². The second-order valence-electron chi connectivity index (χ2n) is 2.12. The fraction of sp³-hybridized carbons (Fsp3) is 0.125. The smallest absolute Gasteiger partial charge is 0.120 e. The molecule has 1 rings (SSSR count). The number of aliphatic imine (C=N–C) groups is 1. The van der Waals surface area contributed by atoms with E-state index in [2.05, 4.69) is 4.99 Å². The van der Waals surface area contributed by atoms with E-state index in [1.165, 1.54) is 6.34 Å². The first kappa shape index (κ1) is 7.60. The summed E-state index contributed by atoms with van der Waals surface area (Å²) in [5.74, 6) is 0.262. The maximum Gasteiger partial charge on any atom is 0.120 e. The summed E-state index contributed by atoms with van der Waals surface area (Å²) in [6.07, 6.45) is 1.23. The first-order valence-corrected chi connectivity index (χ1v) is 3.31. The predicted octanol–water partition coefficient (Wildman–Crippen LogP) is 0.879. The second kappa shape index (κ2) is 3.61. The first-order valence-electron chi connectivity index (χ1n) is 3.31. The lowest BCUT2D eigenvalue weighted by Gasteiger charge is -1.98. The molecule has 0 saturated heterocycles. The van der Waals surface area contributed by atoms with Crippen LogP contribution in [0.5, 0.6) is 5.75 Å². The van der Waals surface area contributed by atoms with E-state index in [1.54, 1.807) is 12.1 Å². The van der Waals surface area contributed by atoms with E-state index < -0.39 is 0 Å². The van der Waals surface area contributed by atoms with Crippen molar-refractivity contribution in [3.8, 4) is 5.75 Å². The Hall–Kier alpha value is -1.51. The molecule has 11 heavy (non-hydrogen) atoms. The molecule has 0 aliphatic heterocycles. The maximum atomic E-state index is 9.22. The van der Waals surface area contributed by atoms with Crippen LogP contribution < -0.4 is 5.73 Å². The summed E-state index contributed by atoms with van der Waals surface area (Å²) < 4.78 is 0. The monoisotopic (exact) mass is 150 g/mol. The molecule has 0 aromatic heterocycles. The SMILES string of the molecule is NC=NCc1ccccc1O. The fourth-order valence-corrected chi connectivity index (χ4v) is 0.796. The van der Waals surface area contributed by atoms with Gasteiger partial charge in [0.1, 0.15) is 5.75 Å². The van der Waals surface area contributed by atoms with Gasteiger partial charge in [-0.2, -0.15) is 0 Å². The van der Waals surface area contributed by atoms with Gasteiger partial charge in [-0.25, -0.2) is 0 Å². The van der Waals surface area contributed by atoms with Crippen LogP contribution >= 0.6 is 0 Å². The van der Waals surface area contributed by atoms with Crippen molar-refractivity contribution in [1.82, 2.24) is 0 Å². The number of phenols is 1. The van der Waals surface area contributed by atoms with Gasteiger partial charge in [0.05, 0.1) is 12.9 Å². The van der Waals surface area contributed by atoms with Crippen LogP contribution in [0.2, 0.25) is 0 Å². The van der Waals surface area contributed by atoms with E-state index >= 15 is 0 Å². The van der Waals surface area contributed by atoms with Crippen molar-refractivity contribution in [2.45, 2.75) is 6.54 Å². The van der Waals surface area contributed by atoms with Crippen molar-refractivity contribution in [2.75, 3.05) is 0 Å². The molecule has 0 spiro atoms. The number of nitrogens with two attached hydrogens (primary N) is 1. The molecule has 0 aliphatic carbocycles. The summed E-state index contributed by atoms with van der Waals surface area (Å²) >= 11 is 0. The normalized spacial score (nSPS) is 10.5. The Morgan fingerprint density at radius 2 is 2.18 bits per heavy atom. The Labute approximate surface area is 65.2 Å².